The molecule has 1 saturated carbocycles. The van der Waals surface area contributed by atoms with E-state index in [4.69, 9.17) is 0 Å². The molecule has 2 fully saturated rings. The minimum atomic E-state index is -0.468. The van der Waals surface area contributed by atoms with E-state index in [9.17, 15) is 14.7 Å². The molecular weight excluding hydrogens is 304 g/mol. The van der Waals surface area contributed by atoms with Gasteiger partial charge in [0.05, 0.1) is 12.1 Å². The summed E-state index contributed by atoms with van der Waals surface area (Å²) in [6.07, 6.45) is 5.68. The molecule has 2 aliphatic rings. The van der Waals surface area contributed by atoms with Gasteiger partial charge in [-0.25, -0.2) is 0 Å². The third-order valence-corrected chi connectivity index (χ3v) is 5.14. The highest BCUT2D eigenvalue weighted by Crippen LogP contribution is 2.22. The standard InChI is InChI=1S/C19H26N2O3/c22-17-12-5-4-10-15(17)20-18(23)16-11-6-7-13-21(16)19(24)14-8-2-1-3-9-14/h1-3,8-9,15-17,22H,4-7,10-13H2,(H,20,23). The maximum absolute atomic E-state index is 12.8. The van der Waals surface area contributed by atoms with Crippen molar-refractivity contribution in [1.82, 2.24) is 10.2 Å². The van der Waals surface area contributed by atoms with Gasteiger partial charge < -0.3 is 15.3 Å². The van der Waals surface area contributed by atoms with Crippen molar-refractivity contribution in [2.24, 2.45) is 0 Å². The molecule has 1 aliphatic heterocycles. The van der Waals surface area contributed by atoms with Crippen molar-refractivity contribution in [2.75, 3.05) is 6.54 Å². The number of hydrogen-bond acceptors (Lipinski definition) is 3. The Morgan fingerprint density at radius 3 is 2.46 bits per heavy atom. The third kappa shape index (κ3) is 3.78. The van der Waals surface area contributed by atoms with E-state index in [1.165, 1.54) is 0 Å². The molecule has 0 spiro atoms. The van der Waals surface area contributed by atoms with Crippen molar-refractivity contribution in [1.29, 1.82) is 0 Å². The molecule has 1 aromatic carbocycles. The van der Waals surface area contributed by atoms with Crippen LogP contribution in [0.2, 0.25) is 0 Å². The lowest BCUT2D eigenvalue weighted by Crippen LogP contribution is -2.56. The van der Waals surface area contributed by atoms with Gasteiger partial charge in [-0.15, -0.1) is 0 Å². The zero-order chi connectivity index (χ0) is 16.9. The molecule has 2 amide bonds. The molecule has 1 saturated heterocycles. The van der Waals surface area contributed by atoms with E-state index < -0.39 is 12.1 Å². The molecule has 1 heterocycles. The molecule has 2 N–H and O–H groups in total. The SMILES string of the molecule is O=C(NC1CCCCC1O)C1CCCCN1C(=O)c1ccccc1. The Labute approximate surface area is 143 Å². The second kappa shape index (κ2) is 7.79. The number of nitrogens with one attached hydrogen (secondary N) is 1. The maximum Gasteiger partial charge on any atom is 0.254 e. The number of aliphatic hydroxyl groups excluding tert-OH is 1. The van der Waals surface area contributed by atoms with Crippen LogP contribution in [0.4, 0.5) is 0 Å². The van der Waals surface area contributed by atoms with Crippen LogP contribution in [0.1, 0.15) is 55.3 Å². The van der Waals surface area contributed by atoms with Crippen LogP contribution in [0.25, 0.3) is 0 Å². The van der Waals surface area contributed by atoms with Crippen LogP contribution < -0.4 is 5.32 Å². The summed E-state index contributed by atoms with van der Waals surface area (Å²) in [6, 6.07) is 8.52. The first kappa shape index (κ1) is 17.0. The average Bonchev–Trinajstić information content (AvgIpc) is 2.63. The van der Waals surface area contributed by atoms with Gasteiger partial charge >= 0.3 is 0 Å². The van der Waals surface area contributed by atoms with Crippen molar-refractivity contribution in [2.45, 2.75) is 63.1 Å². The number of amides is 2. The molecule has 1 aromatic rings. The second-order valence-corrected chi connectivity index (χ2v) is 6.84. The monoisotopic (exact) mass is 330 g/mol. The summed E-state index contributed by atoms with van der Waals surface area (Å²) in [5, 5.41) is 13.1. The van der Waals surface area contributed by atoms with Crippen LogP contribution in [0.5, 0.6) is 0 Å². The summed E-state index contributed by atoms with van der Waals surface area (Å²) < 4.78 is 0. The Morgan fingerprint density at radius 2 is 1.71 bits per heavy atom. The maximum atomic E-state index is 12.8. The highest BCUT2D eigenvalue weighted by atomic mass is 16.3. The molecule has 0 aromatic heterocycles. The summed E-state index contributed by atoms with van der Waals surface area (Å²) in [5.74, 6) is -0.204. The number of carbonyl (C=O) groups is 2. The van der Waals surface area contributed by atoms with Crippen LogP contribution in [0.3, 0.4) is 0 Å². The minimum Gasteiger partial charge on any atom is -0.391 e. The lowest BCUT2D eigenvalue weighted by Gasteiger charge is -2.37. The summed E-state index contributed by atoms with van der Waals surface area (Å²) in [6.45, 7) is 0.610. The average molecular weight is 330 g/mol. The minimum absolute atomic E-state index is 0.0837. The van der Waals surface area contributed by atoms with E-state index >= 15 is 0 Å². The van der Waals surface area contributed by atoms with Crippen molar-refractivity contribution in [3.05, 3.63) is 35.9 Å². The fourth-order valence-electron chi connectivity index (χ4n) is 3.75. The van der Waals surface area contributed by atoms with Crippen molar-refractivity contribution in [3.8, 4) is 0 Å². The predicted molar refractivity (Wildman–Crippen MR) is 91.5 cm³/mol. The molecule has 130 valence electrons. The second-order valence-electron chi connectivity index (χ2n) is 6.84. The van der Waals surface area contributed by atoms with Crippen LogP contribution in [0, 0.1) is 0 Å². The van der Waals surface area contributed by atoms with Crippen molar-refractivity contribution < 1.29 is 14.7 Å². The van der Waals surface area contributed by atoms with Crippen LogP contribution in [0.15, 0.2) is 30.3 Å². The highest BCUT2D eigenvalue weighted by Gasteiger charge is 2.34. The Hall–Kier alpha value is -1.88. The Morgan fingerprint density at radius 1 is 1.00 bits per heavy atom. The van der Waals surface area contributed by atoms with Crippen LogP contribution in [-0.4, -0.2) is 46.6 Å². The summed E-state index contributed by atoms with van der Waals surface area (Å²) in [4.78, 5) is 27.2. The fourth-order valence-corrected chi connectivity index (χ4v) is 3.75. The number of rotatable bonds is 3. The molecule has 5 heteroatoms. The fraction of sp³-hybridized carbons (Fsp3) is 0.579. The van der Waals surface area contributed by atoms with E-state index in [-0.39, 0.29) is 17.9 Å². The number of piperidine rings is 1. The molecule has 0 bridgehead atoms. The van der Waals surface area contributed by atoms with Crippen molar-refractivity contribution in [3.63, 3.8) is 0 Å². The number of aliphatic hydroxyl groups is 1. The molecule has 5 nitrogen and oxygen atoms in total. The van der Waals surface area contributed by atoms with Gasteiger partial charge in [-0.3, -0.25) is 9.59 Å². The van der Waals surface area contributed by atoms with Gasteiger partial charge in [0.2, 0.25) is 5.91 Å². The Kier molecular flexibility index (Phi) is 5.51. The van der Waals surface area contributed by atoms with Gasteiger partial charge in [0.1, 0.15) is 6.04 Å². The first-order chi connectivity index (χ1) is 11.7. The molecular formula is C19H26N2O3. The topological polar surface area (TPSA) is 69.6 Å². The van der Waals surface area contributed by atoms with Gasteiger partial charge in [-0.1, -0.05) is 31.0 Å². The van der Waals surface area contributed by atoms with Crippen LogP contribution in [-0.2, 0) is 4.79 Å². The van der Waals surface area contributed by atoms with Gasteiger partial charge in [-0.05, 0) is 44.2 Å². The zero-order valence-corrected chi connectivity index (χ0v) is 14.0. The third-order valence-electron chi connectivity index (χ3n) is 5.14. The quantitative estimate of drug-likeness (QED) is 0.892. The Bertz CT molecular complexity index is 575. The molecule has 3 rings (SSSR count). The van der Waals surface area contributed by atoms with E-state index in [1.54, 1.807) is 17.0 Å². The van der Waals surface area contributed by atoms with Crippen LogP contribution >= 0.6 is 0 Å². The number of nitrogens with zero attached hydrogens (tertiary/aromatic N) is 1. The number of carbonyl (C=O) groups excluding carboxylic acids is 2. The van der Waals surface area contributed by atoms with Crippen molar-refractivity contribution >= 4 is 11.8 Å². The summed E-state index contributed by atoms with van der Waals surface area (Å²) in [7, 11) is 0. The van der Waals surface area contributed by atoms with E-state index in [0.717, 1.165) is 38.5 Å². The van der Waals surface area contributed by atoms with E-state index in [2.05, 4.69) is 5.32 Å². The molecule has 1 aliphatic carbocycles. The molecule has 0 radical (unpaired) electrons. The summed E-state index contributed by atoms with van der Waals surface area (Å²) >= 11 is 0. The molecule has 3 unspecified atom stereocenters. The zero-order valence-electron chi connectivity index (χ0n) is 14.0. The largest absolute Gasteiger partial charge is 0.391 e. The number of hydrogen-bond donors (Lipinski definition) is 2. The highest BCUT2D eigenvalue weighted by molar-refractivity contribution is 5.97. The lowest BCUT2D eigenvalue weighted by atomic mass is 9.92. The lowest BCUT2D eigenvalue weighted by molar-refractivity contribution is -0.128. The van der Waals surface area contributed by atoms with Gasteiger partial charge in [0.25, 0.3) is 5.91 Å². The van der Waals surface area contributed by atoms with Gasteiger partial charge in [0.15, 0.2) is 0 Å². The molecule has 24 heavy (non-hydrogen) atoms. The summed E-state index contributed by atoms with van der Waals surface area (Å²) in [5.41, 5.74) is 0.620. The number of benzene rings is 1. The van der Waals surface area contributed by atoms with Gasteiger partial charge in [0, 0.05) is 12.1 Å². The first-order valence-corrected chi connectivity index (χ1v) is 9.01. The van der Waals surface area contributed by atoms with E-state index in [0.29, 0.717) is 18.5 Å². The molecule has 3 atom stereocenters. The Balaban J connectivity index is 1.69. The normalized spacial score (nSPS) is 27.5. The smallest absolute Gasteiger partial charge is 0.254 e. The predicted octanol–water partition coefficient (Wildman–Crippen LogP) is 2.10. The first-order valence-electron chi connectivity index (χ1n) is 9.01. The van der Waals surface area contributed by atoms with Gasteiger partial charge in [-0.2, -0.15) is 0 Å². The van der Waals surface area contributed by atoms with E-state index in [1.807, 2.05) is 18.2 Å². The number of likely N-dealkylation sites (tertiary alicyclic amines) is 1.